The highest BCUT2D eigenvalue weighted by atomic mass is 35.5. The van der Waals surface area contributed by atoms with Crippen LogP contribution in [0, 0.1) is 20.8 Å². The van der Waals surface area contributed by atoms with E-state index in [2.05, 4.69) is 20.4 Å². The van der Waals surface area contributed by atoms with Crippen molar-refractivity contribution in [2.75, 3.05) is 6.54 Å². The quantitative estimate of drug-likeness (QED) is 0.934. The molecule has 0 aliphatic carbocycles. The van der Waals surface area contributed by atoms with E-state index in [1.807, 2.05) is 19.9 Å². The zero-order valence-electron chi connectivity index (χ0n) is 12.6. The van der Waals surface area contributed by atoms with E-state index in [1.54, 1.807) is 14.0 Å². The Morgan fingerprint density at radius 3 is 2.43 bits per heavy atom. The van der Waals surface area contributed by atoms with Crippen LogP contribution in [0.1, 0.15) is 33.4 Å². The van der Waals surface area contributed by atoms with E-state index in [1.165, 1.54) is 4.68 Å². The predicted octanol–water partition coefficient (Wildman–Crippen LogP) is 1.76. The fraction of sp³-hybridized carbons (Fsp3) is 0.429. The molecule has 0 spiro atoms. The van der Waals surface area contributed by atoms with Crippen LogP contribution >= 0.6 is 11.6 Å². The molecule has 2 aromatic rings. The molecule has 2 heterocycles. The van der Waals surface area contributed by atoms with Gasteiger partial charge in [-0.15, -0.1) is 0 Å². The molecule has 0 radical (unpaired) electrons. The average Bonchev–Trinajstić information content (AvgIpc) is 2.62. The summed E-state index contributed by atoms with van der Waals surface area (Å²) in [6.07, 6.45) is 0.572. The minimum Gasteiger partial charge on any atom is -0.350 e. The predicted molar refractivity (Wildman–Crippen MR) is 80.5 cm³/mol. The summed E-state index contributed by atoms with van der Waals surface area (Å²) in [4.78, 5) is 20.8. The smallest absolute Gasteiger partial charge is 0.271 e. The molecule has 0 saturated heterocycles. The van der Waals surface area contributed by atoms with E-state index < -0.39 is 0 Å². The molecule has 0 atom stereocenters. The lowest BCUT2D eigenvalue weighted by molar-refractivity contribution is 0.0945. The SMILES string of the molecule is Cc1cc(C)nc(CCNC(=O)c2c(Cl)c(C)nn2C)n1. The van der Waals surface area contributed by atoms with Crippen LogP contribution in [0.15, 0.2) is 6.07 Å². The summed E-state index contributed by atoms with van der Waals surface area (Å²) in [5.74, 6) is 0.479. The highest BCUT2D eigenvalue weighted by Crippen LogP contribution is 2.18. The topological polar surface area (TPSA) is 72.7 Å². The zero-order chi connectivity index (χ0) is 15.6. The van der Waals surface area contributed by atoms with Crippen LogP contribution in [-0.4, -0.2) is 32.2 Å². The van der Waals surface area contributed by atoms with Gasteiger partial charge in [0.2, 0.25) is 0 Å². The molecule has 112 valence electrons. The van der Waals surface area contributed by atoms with Gasteiger partial charge in [-0.2, -0.15) is 5.10 Å². The van der Waals surface area contributed by atoms with Crippen LogP contribution in [0.2, 0.25) is 5.02 Å². The summed E-state index contributed by atoms with van der Waals surface area (Å²) in [6, 6.07) is 1.92. The number of hydrogen-bond acceptors (Lipinski definition) is 4. The summed E-state index contributed by atoms with van der Waals surface area (Å²) in [5, 5.41) is 7.32. The van der Waals surface area contributed by atoms with E-state index in [0.717, 1.165) is 17.2 Å². The largest absolute Gasteiger partial charge is 0.350 e. The van der Waals surface area contributed by atoms with Crippen molar-refractivity contribution >= 4 is 17.5 Å². The van der Waals surface area contributed by atoms with Crippen molar-refractivity contribution < 1.29 is 4.79 Å². The van der Waals surface area contributed by atoms with E-state index in [0.29, 0.717) is 29.4 Å². The molecule has 1 amide bonds. The number of halogens is 1. The Hall–Kier alpha value is -1.95. The maximum atomic E-state index is 12.1. The van der Waals surface area contributed by atoms with Gasteiger partial charge in [0.25, 0.3) is 5.91 Å². The molecule has 2 rings (SSSR count). The normalized spacial score (nSPS) is 10.7. The van der Waals surface area contributed by atoms with Crippen LogP contribution in [0.25, 0.3) is 0 Å². The summed E-state index contributed by atoms with van der Waals surface area (Å²) in [6.45, 7) is 6.06. The second-order valence-corrected chi connectivity index (χ2v) is 5.32. The Bertz CT molecular complexity index is 660. The number of aromatic nitrogens is 4. The van der Waals surface area contributed by atoms with Gasteiger partial charge in [-0.05, 0) is 26.8 Å². The van der Waals surface area contributed by atoms with Crippen molar-refractivity contribution in [2.24, 2.45) is 7.05 Å². The fourth-order valence-corrected chi connectivity index (χ4v) is 2.41. The van der Waals surface area contributed by atoms with Gasteiger partial charge in [0.1, 0.15) is 11.5 Å². The Labute approximate surface area is 128 Å². The third kappa shape index (κ3) is 3.58. The fourth-order valence-electron chi connectivity index (χ4n) is 2.16. The van der Waals surface area contributed by atoms with E-state index >= 15 is 0 Å². The van der Waals surface area contributed by atoms with Crippen molar-refractivity contribution in [1.82, 2.24) is 25.1 Å². The highest BCUT2D eigenvalue weighted by Gasteiger charge is 2.18. The van der Waals surface area contributed by atoms with Gasteiger partial charge in [0.15, 0.2) is 0 Å². The monoisotopic (exact) mass is 307 g/mol. The van der Waals surface area contributed by atoms with E-state index in [9.17, 15) is 4.79 Å². The zero-order valence-corrected chi connectivity index (χ0v) is 13.3. The maximum Gasteiger partial charge on any atom is 0.271 e. The Morgan fingerprint density at radius 1 is 1.29 bits per heavy atom. The molecule has 0 bridgehead atoms. The molecule has 2 aromatic heterocycles. The molecule has 0 saturated carbocycles. The Balaban J connectivity index is 1.98. The second-order valence-electron chi connectivity index (χ2n) is 4.94. The Kier molecular flexibility index (Phi) is 4.57. The Morgan fingerprint density at radius 2 is 1.90 bits per heavy atom. The van der Waals surface area contributed by atoms with Gasteiger partial charge in [-0.1, -0.05) is 11.6 Å². The number of rotatable bonds is 4. The van der Waals surface area contributed by atoms with Crippen LogP contribution < -0.4 is 5.32 Å². The number of nitrogens with zero attached hydrogens (tertiary/aromatic N) is 4. The number of carbonyl (C=O) groups is 1. The maximum absolute atomic E-state index is 12.1. The van der Waals surface area contributed by atoms with Gasteiger partial charge in [-0.25, -0.2) is 9.97 Å². The van der Waals surface area contributed by atoms with E-state index in [-0.39, 0.29) is 5.91 Å². The summed E-state index contributed by atoms with van der Waals surface area (Å²) in [7, 11) is 1.70. The van der Waals surface area contributed by atoms with Gasteiger partial charge in [0, 0.05) is 31.4 Å². The third-order valence-corrected chi connectivity index (χ3v) is 3.48. The van der Waals surface area contributed by atoms with Gasteiger partial charge >= 0.3 is 0 Å². The molecule has 0 aliphatic heterocycles. The molecule has 1 N–H and O–H groups in total. The highest BCUT2D eigenvalue weighted by molar-refractivity contribution is 6.34. The first-order chi connectivity index (χ1) is 9.88. The van der Waals surface area contributed by atoms with Crippen molar-refractivity contribution in [2.45, 2.75) is 27.2 Å². The molecule has 0 aromatic carbocycles. The number of carbonyl (C=O) groups excluding carboxylic acids is 1. The molecule has 0 unspecified atom stereocenters. The molecule has 0 fully saturated rings. The summed E-state index contributed by atoms with van der Waals surface area (Å²) in [5.41, 5.74) is 2.86. The molecule has 0 aliphatic rings. The first-order valence-electron chi connectivity index (χ1n) is 6.67. The van der Waals surface area contributed by atoms with Crippen LogP contribution in [0.4, 0.5) is 0 Å². The van der Waals surface area contributed by atoms with Crippen molar-refractivity contribution in [3.63, 3.8) is 0 Å². The average molecular weight is 308 g/mol. The van der Waals surface area contributed by atoms with Gasteiger partial charge < -0.3 is 5.32 Å². The van der Waals surface area contributed by atoms with Crippen molar-refractivity contribution in [3.05, 3.63) is 39.7 Å². The lowest BCUT2D eigenvalue weighted by Gasteiger charge is -2.06. The first kappa shape index (κ1) is 15.4. The lowest BCUT2D eigenvalue weighted by atomic mass is 10.3. The van der Waals surface area contributed by atoms with Crippen molar-refractivity contribution in [1.29, 1.82) is 0 Å². The van der Waals surface area contributed by atoms with Gasteiger partial charge in [-0.3, -0.25) is 9.48 Å². The van der Waals surface area contributed by atoms with Crippen LogP contribution in [0.3, 0.4) is 0 Å². The molecule has 6 nitrogen and oxygen atoms in total. The first-order valence-corrected chi connectivity index (χ1v) is 7.04. The third-order valence-electron chi connectivity index (χ3n) is 3.03. The number of amides is 1. The summed E-state index contributed by atoms with van der Waals surface area (Å²) >= 11 is 6.08. The standard InChI is InChI=1S/C14H18ClN5O/c1-8-7-9(2)18-11(17-8)5-6-16-14(21)13-12(15)10(3)19-20(13)4/h7H,5-6H2,1-4H3,(H,16,21). The second kappa shape index (κ2) is 6.22. The van der Waals surface area contributed by atoms with Crippen LogP contribution in [0.5, 0.6) is 0 Å². The lowest BCUT2D eigenvalue weighted by Crippen LogP contribution is -2.28. The van der Waals surface area contributed by atoms with Crippen LogP contribution in [-0.2, 0) is 13.5 Å². The molecular weight excluding hydrogens is 290 g/mol. The van der Waals surface area contributed by atoms with Gasteiger partial charge in [0.05, 0.1) is 10.7 Å². The van der Waals surface area contributed by atoms with E-state index in [4.69, 9.17) is 11.6 Å². The minimum absolute atomic E-state index is 0.243. The summed E-state index contributed by atoms with van der Waals surface area (Å²) < 4.78 is 1.49. The molecule has 7 heteroatoms. The minimum atomic E-state index is -0.243. The van der Waals surface area contributed by atoms with Crippen molar-refractivity contribution in [3.8, 4) is 0 Å². The number of nitrogens with one attached hydrogen (secondary N) is 1. The molecular formula is C14H18ClN5O. The number of aryl methyl sites for hydroxylation is 4. The number of hydrogen-bond donors (Lipinski definition) is 1. The molecule has 21 heavy (non-hydrogen) atoms.